The van der Waals surface area contributed by atoms with E-state index >= 15 is 0 Å². The SMILES string of the molecule is COC(=O)[C@@H](NCC[C@@H](C(=O)OC)N(COC(C)=O)C(=O)OC)[C@@H](C)OCC(C)C. The second-order valence-electron chi connectivity index (χ2n) is 6.92. The zero-order chi connectivity index (χ0) is 23.3. The smallest absolute Gasteiger partial charge is 0.412 e. The van der Waals surface area contributed by atoms with Crippen molar-refractivity contribution >= 4 is 24.0 Å². The fraction of sp³-hybridized carbons (Fsp3) is 0.789. The monoisotopic (exact) mass is 434 g/mol. The summed E-state index contributed by atoms with van der Waals surface area (Å²) in [5, 5.41) is 2.99. The van der Waals surface area contributed by atoms with Crippen LogP contribution in [0.15, 0.2) is 0 Å². The number of ether oxygens (including phenoxy) is 5. The first-order chi connectivity index (χ1) is 14.1. The molecule has 0 aliphatic rings. The predicted molar refractivity (Wildman–Crippen MR) is 105 cm³/mol. The average Bonchev–Trinajstić information content (AvgIpc) is 2.71. The first-order valence-corrected chi connectivity index (χ1v) is 9.57. The molecule has 0 saturated heterocycles. The minimum atomic E-state index is -1.11. The molecular formula is C19H34N2O9. The fourth-order valence-electron chi connectivity index (χ4n) is 2.47. The second kappa shape index (κ2) is 14.6. The van der Waals surface area contributed by atoms with Crippen molar-refractivity contribution in [2.24, 2.45) is 5.92 Å². The van der Waals surface area contributed by atoms with Crippen LogP contribution in [0.1, 0.15) is 34.1 Å². The molecule has 174 valence electrons. The van der Waals surface area contributed by atoms with Crippen LogP contribution >= 0.6 is 0 Å². The summed E-state index contributed by atoms with van der Waals surface area (Å²) in [4.78, 5) is 48.5. The number of methoxy groups -OCH3 is 3. The van der Waals surface area contributed by atoms with E-state index in [0.717, 1.165) is 12.0 Å². The van der Waals surface area contributed by atoms with Crippen molar-refractivity contribution in [3.8, 4) is 0 Å². The summed E-state index contributed by atoms with van der Waals surface area (Å²) in [6.07, 6.45) is -1.31. The molecule has 1 N–H and O–H groups in total. The van der Waals surface area contributed by atoms with Gasteiger partial charge in [-0.15, -0.1) is 0 Å². The van der Waals surface area contributed by atoms with E-state index in [9.17, 15) is 19.2 Å². The lowest BCUT2D eigenvalue weighted by atomic mass is 10.1. The third-order valence-corrected chi connectivity index (χ3v) is 4.06. The molecule has 3 atom stereocenters. The Morgan fingerprint density at radius 1 is 0.933 bits per heavy atom. The van der Waals surface area contributed by atoms with E-state index in [1.807, 2.05) is 13.8 Å². The van der Waals surface area contributed by atoms with E-state index < -0.39 is 48.9 Å². The van der Waals surface area contributed by atoms with Gasteiger partial charge >= 0.3 is 24.0 Å². The molecule has 11 heteroatoms. The van der Waals surface area contributed by atoms with Crippen molar-refractivity contribution in [2.75, 3.05) is 41.2 Å². The van der Waals surface area contributed by atoms with Gasteiger partial charge in [-0.3, -0.25) is 14.5 Å². The number of carbonyl (C=O) groups is 4. The van der Waals surface area contributed by atoms with Crippen molar-refractivity contribution in [2.45, 2.75) is 52.3 Å². The lowest BCUT2D eigenvalue weighted by Gasteiger charge is -2.29. The predicted octanol–water partition coefficient (Wildman–Crippen LogP) is 0.699. The number of rotatable bonds is 13. The van der Waals surface area contributed by atoms with Crippen molar-refractivity contribution in [3.05, 3.63) is 0 Å². The maximum absolute atomic E-state index is 12.2. The highest BCUT2D eigenvalue weighted by Gasteiger charge is 2.33. The molecule has 11 nitrogen and oxygen atoms in total. The third-order valence-electron chi connectivity index (χ3n) is 4.06. The summed E-state index contributed by atoms with van der Waals surface area (Å²) in [6, 6.07) is -1.90. The van der Waals surface area contributed by atoms with Crippen LogP contribution in [-0.2, 0) is 38.1 Å². The number of hydrogen-bond donors (Lipinski definition) is 1. The average molecular weight is 434 g/mol. The van der Waals surface area contributed by atoms with Gasteiger partial charge in [-0.25, -0.2) is 9.59 Å². The molecule has 0 fully saturated rings. The van der Waals surface area contributed by atoms with Crippen molar-refractivity contribution in [1.82, 2.24) is 10.2 Å². The standard InChI is InChI=1S/C19H34N2O9/c1-12(2)10-29-13(3)16(18(24)27-6)20-9-8-15(17(23)26-5)21(19(25)28-7)11-30-14(4)22/h12-13,15-16,20H,8-11H2,1-7H3/t13-,15+,16+/m1/s1. The molecule has 0 spiro atoms. The molecule has 0 aliphatic carbocycles. The number of nitrogens with zero attached hydrogens (tertiary/aromatic N) is 1. The molecule has 0 aliphatic heterocycles. The number of nitrogens with one attached hydrogen (secondary N) is 1. The highest BCUT2D eigenvalue weighted by molar-refractivity contribution is 5.81. The Bertz CT molecular complexity index is 568. The largest absolute Gasteiger partial charge is 0.468 e. The van der Waals surface area contributed by atoms with Gasteiger partial charge < -0.3 is 29.0 Å². The first-order valence-electron chi connectivity index (χ1n) is 9.57. The van der Waals surface area contributed by atoms with Gasteiger partial charge in [0.1, 0.15) is 12.1 Å². The number of esters is 3. The van der Waals surface area contributed by atoms with Crippen LogP contribution < -0.4 is 5.32 Å². The number of carbonyl (C=O) groups excluding carboxylic acids is 4. The molecular weight excluding hydrogens is 400 g/mol. The summed E-state index contributed by atoms with van der Waals surface area (Å²) in [5.41, 5.74) is 0. The lowest BCUT2D eigenvalue weighted by Crippen LogP contribution is -2.51. The van der Waals surface area contributed by atoms with E-state index in [2.05, 4.69) is 10.1 Å². The second-order valence-corrected chi connectivity index (χ2v) is 6.92. The maximum Gasteiger partial charge on any atom is 0.412 e. The Kier molecular flexibility index (Phi) is 13.4. The fourth-order valence-corrected chi connectivity index (χ4v) is 2.47. The molecule has 0 unspecified atom stereocenters. The minimum Gasteiger partial charge on any atom is -0.468 e. The van der Waals surface area contributed by atoms with Crippen molar-refractivity contribution < 1.29 is 42.9 Å². The molecule has 1 amide bonds. The Hall–Kier alpha value is -2.40. The summed E-state index contributed by atoms with van der Waals surface area (Å²) in [6.45, 7) is 6.97. The van der Waals surface area contributed by atoms with Gasteiger partial charge in [-0.1, -0.05) is 13.8 Å². The molecule has 0 rings (SSSR count). The van der Waals surface area contributed by atoms with Crippen LogP contribution in [-0.4, -0.2) is 88.3 Å². The van der Waals surface area contributed by atoms with Gasteiger partial charge in [-0.2, -0.15) is 0 Å². The van der Waals surface area contributed by atoms with Gasteiger partial charge in [0, 0.05) is 13.5 Å². The molecule has 0 aromatic heterocycles. The van der Waals surface area contributed by atoms with Gasteiger partial charge in [0.2, 0.25) is 0 Å². The Morgan fingerprint density at radius 3 is 2.00 bits per heavy atom. The van der Waals surface area contributed by atoms with Crippen LogP contribution in [0.4, 0.5) is 4.79 Å². The van der Waals surface area contributed by atoms with Gasteiger partial charge in [0.15, 0.2) is 6.73 Å². The molecule has 30 heavy (non-hydrogen) atoms. The Balaban J connectivity index is 5.25. The van der Waals surface area contributed by atoms with E-state index in [1.54, 1.807) is 6.92 Å². The topological polar surface area (TPSA) is 130 Å². The van der Waals surface area contributed by atoms with E-state index in [-0.39, 0.29) is 18.9 Å². The highest BCUT2D eigenvalue weighted by Crippen LogP contribution is 2.11. The molecule has 0 saturated carbocycles. The van der Waals surface area contributed by atoms with E-state index in [4.69, 9.17) is 18.9 Å². The quantitative estimate of drug-likeness (QED) is 0.251. The van der Waals surface area contributed by atoms with Crippen LogP contribution in [0, 0.1) is 5.92 Å². The molecule has 0 bridgehead atoms. The zero-order valence-electron chi connectivity index (χ0n) is 18.8. The van der Waals surface area contributed by atoms with Crippen molar-refractivity contribution in [3.63, 3.8) is 0 Å². The van der Waals surface area contributed by atoms with E-state index in [0.29, 0.717) is 6.61 Å². The molecule has 0 aromatic carbocycles. The minimum absolute atomic E-state index is 0.0490. The normalized spacial score (nSPS) is 13.7. The van der Waals surface area contributed by atoms with Crippen LogP contribution in [0.25, 0.3) is 0 Å². The van der Waals surface area contributed by atoms with Gasteiger partial charge in [0.05, 0.1) is 27.4 Å². The van der Waals surface area contributed by atoms with E-state index in [1.165, 1.54) is 21.1 Å². The van der Waals surface area contributed by atoms with Gasteiger partial charge in [-0.05, 0) is 25.8 Å². The number of hydrogen-bond acceptors (Lipinski definition) is 10. The summed E-state index contributed by atoms with van der Waals surface area (Å²) < 4.78 is 24.8. The zero-order valence-corrected chi connectivity index (χ0v) is 18.8. The summed E-state index contributed by atoms with van der Waals surface area (Å²) in [7, 11) is 3.57. The maximum atomic E-state index is 12.2. The van der Waals surface area contributed by atoms with Crippen LogP contribution in [0.2, 0.25) is 0 Å². The molecule has 0 radical (unpaired) electrons. The Morgan fingerprint density at radius 2 is 1.53 bits per heavy atom. The first kappa shape index (κ1) is 27.6. The third kappa shape index (κ3) is 9.88. The molecule has 0 aromatic rings. The van der Waals surface area contributed by atoms with Gasteiger partial charge in [0.25, 0.3) is 0 Å². The van der Waals surface area contributed by atoms with Crippen LogP contribution in [0.5, 0.6) is 0 Å². The highest BCUT2D eigenvalue weighted by atomic mass is 16.6. The number of amides is 1. The summed E-state index contributed by atoms with van der Waals surface area (Å²) in [5.74, 6) is -1.60. The Labute approximate surface area is 177 Å². The summed E-state index contributed by atoms with van der Waals surface area (Å²) >= 11 is 0. The molecule has 0 heterocycles. The van der Waals surface area contributed by atoms with Crippen LogP contribution in [0.3, 0.4) is 0 Å². The lowest BCUT2D eigenvalue weighted by molar-refractivity contribution is -0.155. The van der Waals surface area contributed by atoms with Crippen molar-refractivity contribution in [1.29, 1.82) is 0 Å².